The van der Waals surface area contributed by atoms with E-state index in [4.69, 9.17) is 0 Å². The van der Waals surface area contributed by atoms with Crippen LogP contribution >= 0.6 is 22.6 Å². The van der Waals surface area contributed by atoms with Crippen LogP contribution in [0, 0.1) is 5.41 Å². The second-order valence-corrected chi connectivity index (χ2v) is 6.32. The number of alkyl halides is 1. The molecule has 1 heteroatoms. The van der Waals surface area contributed by atoms with Gasteiger partial charge in [-0.2, -0.15) is 0 Å². The van der Waals surface area contributed by atoms with Gasteiger partial charge >= 0.3 is 0 Å². The Kier molecular flexibility index (Phi) is 1.83. The summed E-state index contributed by atoms with van der Waals surface area (Å²) >= 11 is 2.61. The molecule has 1 rings (SSSR count). The van der Waals surface area contributed by atoms with Crippen molar-refractivity contribution in [1.82, 2.24) is 0 Å². The van der Waals surface area contributed by atoms with E-state index in [2.05, 4.69) is 43.4 Å². The Morgan fingerprint density at radius 3 is 1.78 bits per heavy atom. The summed E-state index contributed by atoms with van der Waals surface area (Å²) in [6.45, 7) is 7.14. The average Bonchev–Trinajstić information content (AvgIpc) is 1.81. The second kappa shape index (κ2) is 2.11. The lowest BCUT2D eigenvalue weighted by Crippen LogP contribution is -2.29. The van der Waals surface area contributed by atoms with Crippen molar-refractivity contribution in [3.63, 3.8) is 0 Å². The molecule has 1 unspecified atom stereocenters. The van der Waals surface area contributed by atoms with Crippen LogP contribution in [0.2, 0.25) is 0 Å². The van der Waals surface area contributed by atoms with Crippen molar-refractivity contribution in [2.75, 3.05) is 0 Å². The summed E-state index contributed by atoms with van der Waals surface area (Å²) in [5, 5.41) is 0. The number of hydrogen-bond donors (Lipinski definition) is 0. The van der Waals surface area contributed by atoms with Crippen molar-refractivity contribution in [2.24, 2.45) is 5.41 Å². The van der Waals surface area contributed by atoms with Crippen molar-refractivity contribution in [3.8, 4) is 0 Å². The highest BCUT2D eigenvalue weighted by atomic mass is 127. The monoisotopic (exact) mass is 238 g/mol. The average molecular weight is 238 g/mol. The molecule has 0 nitrogen and oxygen atoms in total. The zero-order chi connectivity index (χ0) is 7.12. The van der Waals surface area contributed by atoms with Gasteiger partial charge in [0.25, 0.3) is 0 Å². The summed E-state index contributed by atoms with van der Waals surface area (Å²) in [5.74, 6) is 0. The van der Waals surface area contributed by atoms with Gasteiger partial charge in [0.05, 0.1) is 0 Å². The summed E-state index contributed by atoms with van der Waals surface area (Å²) in [5.41, 5.74) is 0.577. The molecule has 0 radical (unpaired) electrons. The van der Waals surface area contributed by atoms with Gasteiger partial charge in [-0.3, -0.25) is 0 Å². The van der Waals surface area contributed by atoms with E-state index < -0.39 is 0 Å². The van der Waals surface area contributed by atoms with Crippen LogP contribution in [0.5, 0.6) is 0 Å². The van der Waals surface area contributed by atoms with Gasteiger partial charge in [0.1, 0.15) is 0 Å². The van der Waals surface area contributed by atoms with Crippen LogP contribution in [-0.4, -0.2) is 3.42 Å². The molecule has 0 saturated heterocycles. The molecule has 9 heavy (non-hydrogen) atoms. The fourth-order valence-electron chi connectivity index (χ4n) is 1.46. The van der Waals surface area contributed by atoms with Crippen molar-refractivity contribution >= 4 is 22.6 Å². The van der Waals surface area contributed by atoms with Gasteiger partial charge < -0.3 is 0 Å². The molecule has 0 spiro atoms. The van der Waals surface area contributed by atoms with Gasteiger partial charge in [0, 0.05) is 3.42 Å². The molecular weight excluding hydrogens is 223 g/mol. The molecule has 0 bridgehead atoms. The molecule has 1 saturated carbocycles. The third kappa shape index (κ3) is 1.26. The van der Waals surface area contributed by atoms with Crippen LogP contribution in [-0.2, 0) is 0 Å². The van der Waals surface area contributed by atoms with Crippen molar-refractivity contribution < 1.29 is 0 Å². The first kappa shape index (κ1) is 7.83. The lowest BCUT2D eigenvalue weighted by Gasteiger charge is -2.32. The molecule has 0 N–H and O–H groups in total. The van der Waals surface area contributed by atoms with Gasteiger partial charge in [0.2, 0.25) is 0 Å². The molecule has 1 fully saturated rings. The molecule has 0 amide bonds. The molecular formula is C8H15I. The summed E-state index contributed by atoms with van der Waals surface area (Å²) in [6, 6.07) is 0. The minimum absolute atomic E-state index is 0.560. The molecule has 0 aromatic carbocycles. The zero-order valence-electron chi connectivity index (χ0n) is 6.50. The molecule has 0 aliphatic heterocycles. The van der Waals surface area contributed by atoms with E-state index in [-0.39, 0.29) is 0 Å². The van der Waals surface area contributed by atoms with E-state index in [1.165, 1.54) is 19.3 Å². The Morgan fingerprint density at radius 2 is 1.67 bits per heavy atom. The largest absolute Gasteiger partial charge is 0.0786 e. The first-order valence-electron chi connectivity index (χ1n) is 3.65. The maximum absolute atomic E-state index is 2.61. The number of hydrogen-bond acceptors (Lipinski definition) is 0. The molecule has 1 aliphatic carbocycles. The van der Waals surface area contributed by atoms with Gasteiger partial charge in [-0.05, 0) is 18.3 Å². The van der Waals surface area contributed by atoms with Crippen LogP contribution in [0.1, 0.15) is 40.0 Å². The smallest absolute Gasteiger partial charge is 0.0245 e. The van der Waals surface area contributed by atoms with Crippen LogP contribution in [0.4, 0.5) is 0 Å². The first-order valence-corrected chi connectivity index (χ1v) is 4.72. The van der Waals surface area contributed by atoms with E-state index in [1.807, 2.05) is 0 Å². The van der Waals surface area contributed by atoms with Crippen LogP contribution in [0.3, 0.4) is 0 Å². The highest BCUT2D eigenvalue weighted by Gasteiger charge is 2.42. The minimum Gasteiger partial charge on any atom is -0.0786 e. The van der Waals surface area contributed by atoms with Gasteiger partial charge in [-0.1, -0.05) is 49.8 Å². The normalized spacial score (nSPS) is 41.3. The van der Waals surface area contributed by atoms with E-state index in [1.54, 1.807) is 0 Å². The van der Waals surface area contributed by atoms with E-state index >= 15 is 0 Å². The fraction of sp³-hybridized carbons (Fsp3) is 1.00. The maximum atomic E-state index is 2.61. The molecule has 54 valence electrons. The van der Waals surface area contributed by atoms with Gasteiger partial charge in [-0.25, -0.2) is 0 Å². The molecule has 0 heterocycles. The van der Waals surface area contributed by atoms with E-state index in [0.717, 1.165) is 0 Å². The Balaban J connectivity index is 2.75. The lowest BCUT2D eigenvalue weighted by atomic mass is 9.83. The van der Waals surface area contributed by atoms with Crippen LogP contribution in [0.25, 0.3) is 0 Å². The standard InChI is InChI=1S/C8H15I/c1-7(2)5-4-6-8(7,3)9/h4-6H2,1-3H3. The van der Waals surface area contributed by atoms with Crippen molar-refractivity contribution in [1.29, 1.82) is 0 Å². The SMILES string of the molecule is CC1(C)CCCC1(C)I. The fourth-order valence-corrected chi connectivity index (χ4v) is 2.11. The van der Waals surface area contributed by atoms with Gasteiger partial charge in [0.15, 0.2) is 0 Å². The predicted octanol–water partition coefficient (Wildman–Crippen LogP) is 3.39. The topological polar surface area (TPSA) is 0 Å². The third-order valence-electron chi connectivity index (χ3n) is 2.86. The second-order valence-electron chi connectivity index (χ2n) is 3.93. The molecule has 0 aromatic rings. The van der Waals surface area contributed by atoms with Crippen molar-refractivity contribution in [3.05, 3.63) is 0 Å². The Labute approximate surface area is 71.5 Å². The summed E-state index contributed by atoms with van der Waals surface area (Å²) in [7, 11) is 0. The molecule has 1 aliphatic rings. The highest BCUT2D eigenvalue weighted by molar-refractivity contribution is 14.1. The quantitative estimate of drug-likeness (QED) is 0.448. The van der Waals surface area contributed by atoms with Crippen LogP contribution < -0.4 is 0 Å². The van der Waals surface area contributed by atoms with Crippen molar-refractivity contribution in [2.45, 2.75) is 43.5 Å². The van der Waals surface area contributed by atoms with E-state index in [9.17, 15) is 0 Å². The molecule has 0 aromatic heterocycles. The Bertz CT molecular complexity index is 99.7. The van der Waals surface area contributed by atoms with Crippen LogP contribution in [0.15, 0.2) is 0 Å². The Morgan fingerprint density at radius 1 is 1.11 bits per heavy atom. The first-order chi connectivity index (χ1) is 3.96. The Hall–Kier alpha value is 0.730. The number of rotatable bonds is 0. The molecule has 1 atom stereocenters. The van der Waals surface area contributed by atoms with E-state index in [0.29, 0.717) is 8.84 Å². The minimum atomic E-state index is 0.560. The third-order valence-corrected chi connectivity index (χ3v) is 4.86. The summed E-state index contributed by atoms with van der Waals surface area (Å²) in [4.78, 5) is 0. The summed E-state index contributed by atoms with van der Waals surface area (Å²) in [6.07, 6.45) is 4.24. The lowest BCUT2D eigenvalue weighted by molar-refractivity contribution is 0.329. The zero-order valence-corrected chi connectivity index (χ0v) is 8.66. The van der Waals surface area contributed by atoms with Gasteiger partial charge in [-0.15, -0.1) is 0 Å². The number of halogens is 1. The maximum Gasteiger partial charge on any atom is 0.0245 e. The summed E-state index contributed by atoms with van der Waals surface area (Å²) < 4.78 is 0.560. The predicted molar refractivity (Wildman–Crippen MR) is 50.1 cm³/mol. The highest BCUT2D eigenvalue weighted by Crippen LogP contribution is 2.51.